The SMILES string of the molecule is Cn1cc(-c2ccc(NC(=O)NCc3ccccc3)nc2)cn1. The predicted molar refractivity (Wildman–Crippen MR) is 88.7 cm³/mol. The van der Waals surface area contributed by atoms with Gasteiger partial charge < -0.3 is 5.32 Å². The zero-order valence-electron chi connectivity index (χ0n) is 12.7. The number of carbonyl (C=O) groups excluding carboxylic acids is 1. The van der Waals surface area contributed by atoms with E-state index in [0.29, 0.717) is 12.4 Å². The maximum atomic E-state index is 11.9. The van der Waals surface area contributed by atoms with Crippen LogP contribution < -0.4 is 10.6 Å². The van der Waals surface area contributed by atoms with E-state index in [-0.39, 0.29) is 6.03 Å². The highest BCUT2D eigenvalue weighted by Crippen LogP contribution is 2.18. The van der Waals surface area contributed by atoms with Crippen molar-refractivity contribution in [1.29, 1.82) is 0 Å². The number of aryl methyl sites for hydroxylation is 1. The van der Waals surface area contributed by atoms with Crippen LogP contribution in [-0.4, -0.2) is 20.8 Å². The fourth-order valence-electron chi connectivity index (χ4n) is 2.15. The van der Waals surface area contributed by atoms with Gasteiger partial charge in [-0.05, 0) is 17.7 Å². The van der Waals surface area contributed by atoms with Crippen LogP contribution >= 0.6 is 0 Å². The van der Waals surface area contributed by atoms with Crippen LogP contribution in [-0.2, 0) is 13.6 Å². The van der Waals surface area contributed by atoms with Crippen molar-refractivity contribution >= 4 is 11.8 Å². The molecular weight excluding hydrogens is 290 g/mol. The molecular formula is C17H17N5O. The molecule has 1 aromatic carbocycles. The van der Waals surface area contributed by atoms with Gasteiger partial charge in [-0.25, -0.2) is 9.78 Å². The first-order chi connectivity index (χ1) is 11.2. The molecule has 3 rings (SSSR count). The Labute approximate surface area is 134 Å². The quantitative estimate of drug-likeness (QED) is 0.778. The molecule has 116 valence electrons. The molecule has 0 bridgehead atoms. The molecule has 2 heterocycles. The van der Waals surface area contributed by atoms with Gasteiger partial charge in [0.1, 0.15) is 5.82 Å². The zero-order valence-corrected chi connectivity index (χ0v) is 12.7. The Morgan fingerprint density at radius 2 is 1.91 bits per heavy atom. The highest BCUT2D eigenvalue weighted by Gasteiger charge is 2.04. The third kappa shape index (κ3) is 3.94. The molecule has 23 heavy (non-hydrogen) atoms. The van der Waals surface area contributed by atoms with Gasteiger partial charge in [-0.15, -0.1) is 0 Å². The Morgan fingerprint density at radius 3 is 2.57 bits per heavy atom. The summed E-state index contributed by atoms with van der Waals surface area (Å²) in [5.74, 6) is 0.503. The van der Waals surface area contributed by atoms with Crippen molar-refractivity contribution in [3.8, 4) is 11.1 Å². The highest BCUT2D eigenvalue weighted by molar-refractivity contribution is 5.88. The van der Waals surface area contributed by atoms with E-state index in [4.69, 9.17) is 0 Å². The van der Waals surface area contributed by atoms with Crippen LogP contribution in [0, 0.1) is 0 Å². The van der Waals surface area contributed by atoms with Crippen molar-refractivity contribution in [2.24, 2.45) is 7.05 Å². The van der Waals surface area contributed by atoms with Crippen LogP contribution in [0.2, 0.25) is 0 Å². The summed E-state index contributed by atoms with van der Waals surface area (Å²) in [7, 11) is 1.87. The molecule has 6 nitrogen and oxygen atoms in total. The monoisotopic (exact) mass is 307 g/mol. The maximum absolute atomic E-state index is 11.9. The minimum absolute atomic E-state index is 0.282. The smallest absolute Gasteiger partial charge is 0.320 e. The van der Waals surface area contributed by atoms with E-state index >= 15 is 0 Å². The number of benzene rings is 1. The number of hydrogen-bond donors (Lipinski definition) is 2. The molecule has 2 N–H and O–H groups in total. The van der Waals surface area contributed by atoms with E-state index in [1.54, 1.807) is 23.1 Å². The number of anilines is 1. The summed E-state index contributed by atoms with van der Waals surface area (Å²) in [5, 5.41) is 9.63. The lowest BCUT2D eigenvalue weighted by molar-refractivity contribution is 0.251. The van der Waals surface area contributed by atoms with Crippen LogP contribution in [0.1, 0.15) is 5.56 Å². The van der Waals surface area contributed by atoms with Gasteiger partial charge in [0.15, 0.2) is 0 Å². The second-order valence-corrected chi connectivity index (χ2v) is 5.13. The van der Waals surface area contributed by atoms with Crippen LogP contribution in [0.15, 0.2) is 61.1 Å². The Bertz CT molecular complexity index is 780. The van der Waals surface area contributed by atoms with E-state index in [2.05, 4.69) is 20.7 Å². The normalized spacial score (nSPS) is 10.3. The number of carbonyl (C=O) groups is 1. The van der Waals surface area contributed by atoms with Crippen molar-refractivity contribution in [3.63, 3.8) is 0 Å². The second kappa shape index (κ2) is 6.74. The minimum Gasteiger partial charge on any atom is -0.334 e. The lowest BCUT2D eigenvalue weighted by Gasteiger charge is -2.07. The summed E-state index contributed by atoms with van der Waals surface area (Å²) < 4.78 is 1.73. The summed E-state index contributed by atoms with van der Waals surface area (Å²) in [6, 6.07) is 13.1. The number of urea groups is 1. The van der Waals surface area contributed by atoms with Crippen molar-refractivity contribution < 1.29 is 4.79 Å². The van der Waals surface area contributed by atoms with Gasteiger partial charge in [-0.1, -0.05) is 30.3 Å². The number of rotatable bonds is 4. The van der Waals surface area contributed by atoms with Crippen molar-refractivity contribution in [2.45, 2.75) is 6.54 Å². The average molecular weight is 307 g/mol. The van der Waals surface area contributed by atoms with Crippen LogP contribution in [0.4, 0.5) is 10.6 Å². The van der Waals surface area contributed by atoms with Gasteiger partial charge in [0.25, 0.3) is 0 Å². The number of aromatic nitrogens is 3. The molecule has 0 saturated carbocycles. The second-order valence-electron chi connectivity index (χ2n) is 5.13. The summed E-state index contributed by atoms with van der Waals surface area (Å²) >= 11 is 0. The van der Waals surface area contributed by atoms with Crippen LogP contribution in [0.5, 0.6) is 0 Å². The van der Waals surface area contributed by atoms with Gasteiger partial charge in [-0.3, -0.25) is 10.00 Å². The van der Waals surface area contributed by atoms with E-state index in [9.17, 15) is 4.79 Å². The maximum Gasteiger partial charge on any atom is 0.320 e. The van der Waals surface area contributed by atoms with Crippen LogP contribution in [0.25, 0.3) is 11.1 Å². The number of pyridine rings is 1. The summed E-state index contributed by atoms with van der Waals surface area (Å²) in [4.78, 5) is 16.1. The largest absolute Gasteiger partial charge is 0.334 e. The van der Waals surface area contributed by atoms with E-state index in [1.165, 1.54) is 0 Å². The molecule has 2 aromatic heterocycles. The lowest BCUT2D eigenvalue weighted by Crippen LogP contribution is -2.28. The van der Waals surface area contributed by atoms with Gasteiger partial charge in [0.05, 0.1) is 6.20 Å². The van der Waals surface area contributed by atoms with Gasteiger partial charge in [0, 0.05) is 37.1 Å². The topological polar surface area (TPSA) is 71.8 Å². The third-order valence-electron chi connectivity index (χ3n) is 3.34. The Balaban J connectivity index is 1.56. The minimum atomic E-state index is -0.282. The molecule has 0 fully saturated rings. The van der Waals surface area contributed by atoms with Gasteiger partial charge >= 0.3 is 6.03 Å². The van der Waals surface area contributed by atoms with E-state index in [0.717, 1.165) is 16.7 Å². The predicted octanol–water partition coefficient (Wildman–Crippen LogP) is 2.80. The number of nitrogens with one attached hydrogen (secondary N) is 2. The Kier molecular flexibility index (Phi) is 4.33. The number of amides is 2. The Morgan fingerprint density at radius 1 is 1.09 bits per heavy atom. The summed E-state index contributed by atoms with van der Waals surface area (Å²) in [6.07, 6.45) is 5.40. The molecule has 0 radical (unpaired) electrons. The first-order valence-corrected chi connectivity index (χ1v) is 7.24. The molecule has 0 atom stereocenters. The lowest BCUT2D eigenvalue weighted by atomic mass is 10.2. The molecule has 0 unspecified atom stereocenters. The zero-order chi connectivity index (χ0) is 16.1. The number of hydrogen-bond acceptors (Lipinski definition) is 3. The summed E-state index contributed by atoms with van der Waals surface area (Å²) in [6.45, 7) is 0.473. The Hall–Kier alpha value is -3.15. The highest BCUT2D eigenvalue weighted by atomic mass is 16.2. The van der Waals surface area contributed by atoms with E-state index in [1.807, 2.05) is 49.6 Å². The first-order valence-electron chi connectivity index (χ1n) is 7.24. The third-order valence-corrected chi connectivity index (χ3v) is 3.34. The fourth-order valence-corrected chi connectivity index (χ4v) is 2.15. The molecule has 0 aliphatic rings. The fraction of sp³-hybridized carbons (Fsp3) is 0.118. The standard InChI is InChI=1S/C17H17N5O/c1-22-12-15(11-20-22)14-7-8-16(18-10-14)21-17(23)19-9-13-5-3-2-4-6-13/h2-8,10-12H,9H2,1H3,(H2,18,19,21,23). The molecule has 6 heteroatoms. The molecule has 0 aliphatic carbocycles. The molecule has 0 saturated heterocycles. The molecule has 0 spiro atoms. The molecule has 0 aliphatic heterocycles. The van der Waals surface area contributed by atoms with E-state index < -0.39 is 0 Å². The van der Waals surface area contributed by atoms with Crippen molar-refractivity contribution in [1.82, 2.24) is 20.1 Å². The molecule has 2 amide bonds. The van der Waals surface area contributed by atoms with Gasteiger partial charge in [0.2, 0.25) is 0 Å². The van der Waals surface area contributed by atoms with Crippen molar-refractivity contribution in [2.75, 3.05) is 5.32 Å². The van der Waals surface area contributed by atoms with Gasteiger partial charge in [-0.2, -0.15) is 5.10 Å². The summed E-state index contributed by atoms with van der Waals surface area (Å²) in [5.41, 5.74) is 2.98. The first kappa shape index (κ1) is 14.8. The van der Waals surface area contributed by atoms with Crippen LogP contribution in [0.3, 0.4) is 0 Å². The van der Waals surface area contributed by atoms with Crippen molar-refractivity contribution in [3.05, 3.63) is 66.6 Å². The molecule has 3 aromatic rings. The average Bonchev–Trinajstić information content (AvgIpc) is 3.01. The number of nitrogens with zero attached hydrogens (tertiary/aromatic N) is 3.